The fourth-order valence-corrected chi connectivity index (χ4v) is 3.36. The SMILES string of the molecule is CCn1nc(-c2ccc(F)cc2OC)cc1COC(=O)Nc1ccc2c(c1)ncn2C. The molecule has 2 aromatic heterocycles. The van der Waals surface area contributed by atoms with Gasteiger partial charge >= 0.3 is 6.09 Å². The number of hydrogen-bond acceptors (Lipinski definition) is 5. The van der Waals surface area contributed by atoms with Crippen molar-refractivity contribution in [3.63, 3.8) is 0 Å². The van der Waals surface area contributed by atoms with E-state index in [-0.39, 0.29) is 12.4 Å². The Balaban J connectivity index is 1.47. The summed E-state index contributed by atoms with van der Waals surface area (Å²) < 4.78 is 27.8. The zero-order valence-electron chi connectivity index (χ0n) is 17.4. The normalized spacial score (nSPS) is 11.0. The first-order valence-corrected chi connectivity index (χ1v) is 9.74. The number of hydrogen-bond donors (Lipinski definition) is 1. The second-order valence-electron chi connectivity index (χ2n) is 6.94. The van der Waals surface area contributed by atoms with Crippen molar-refractivity contribution >= 4 is 22.8 Å². The van der Waals surface area contributed by atoms with E-state index in [0.29, 0.717) is 34.9 Å². The first-order valence-electron chi connectivity index (χ1n) is 9.74. The molecule has 0 radical (unpaired) electrons. The average molecular weight is 423 g/mol. The summed E-state index contributed by atoms with van der Waals surface area (Å²) in [6.07, 6.45) is 1.13. The summed E-state index contributed by atoms with van der Waals surface area (Å²) in [5.41, 5.74) is 4.32. The van der Waals surface area contributed by atoms with E-state index in [2.05, 4.69) is 15.4 Å². The van der Waals surface area contributed by atoms with Crippen LogP contribution in [0.5, 0.6) is 5.75 Å². The van der Waals surface area contributed by atoms with Gasteiger partial charge in [-0.05, 0) is 43.3 Å². The van der Waals surface area contributed by atoms with Gasteiger partial charge in [-0.25, -0.2) is 14.2 Å². The Labute approximate surface area is 178 Å². The molecule has 0 fully saturated rings. The molecule has 160 valence electrons. The molecule has 8 nitrogen and oxygen atoms in total. The summed E-state index contributed by atoms with van der Waals surface area (Å²) in [4.78, 5) is 16.6. The molecule has 1 N–H and O–H groups in total. The Kier molecular flexibility index (Phi) is 5.57. The molecule has 0 bridgehead atoms. The fraction of sp³-hybridized carbons (Fsp3) is 0.227. The second kappa shape index (κ2) is 8.47. The van der Waals surface area contributed by atoms with Crippen LogP contribution < -0.4 is 10.1 Å². The van der Waals surface area contributed by atoms with Crippen LogP contribution in [0.1, 0.15) is 12.6 Å². The highest BCUT2D eigenvalue weighted by atomic mass is 19.1. The molecule has 0 unspecified atom stereocenters. The highest BCUT2D eigenvalue weighted by Crippen LogP contribution is 2.30. The summed E-state index contributed by atoms with van der Waals surface area (Å²) in [6, 6.07) is 11.5. The third-order valence-electron chi connectivity index (χ3n) is 4.93. The Bertz CT molecular complexity index is 1250. The summed E-state index contributed by atoms with van der Waals surface area (Å²) in [7, 11) is 3.38. The van der Waals surface area contributed by atoms with Crippen molar-refractivity contribution in [2.75, 3.05) is 12.4 Å². The molecule has 4 aromatic rings. The number of amides is 1. The number of aromatic nitrogens is 4. The number of aryl methyl sites for hydroxylation is 2. The van der Waals surface area contributed by atoms with Crippen LogP contribution in [-0.2, 0) is 24.9 Å². The van der Waals surface area contributed by atoms with Gasteiger partial charge in [0.25, 0.3) is 0 Å². The number of benzene rings is 2. The summed E-state index contributed by atoms with van der Waals surface area (Å²) >= 11 is 0. The number of imidazole rings is 1. The summed E-state index contributed by atoms with van der Waals surface area (Å²) in [5, 5.41) is 7.24. The van der Waals surface area contributed by atoms with E-state index in [1.165, 1.54) is 19.2 Å². The van der Waals surface area contributed by atoms with Crippen molar-refractivity contribution in [2.24, 2.45) is 7.05 Å². The minimum Gasteiger partial charge on any atom is -0.496 e. The van der Waals surface area contributed by atoms with Gasteiger partial charge in [-0.2, -0.15) is 5.10 Å². The summed E-state index contributed by atoms with van der Waals surface area (Å²) in [6.45, 7) is 2.55. The maximum absolute atomic E-state index is 13.5. The zero-order valence-corrected chi connectivity index (χ0v) is 17.4. The van der Waals surface area contributed by atoms with E-state index < -0.39 is 6.09 Å². The molecule has 1 amide bonds. The van der Waals surface area contributed by atoms with E-state index in [4.69, 9.17) is 9.47 Å². The number of carbonyl (C=O) groups is 1. The molecule has 2 heterocycles. The van der Waals surface area contributed by atoms with Gasteiger partial charge in [0.1, 0.15) is 18.2 Å². The number of methoxy groups -OCH3 is 1. The van der Waals surface area contributed by atoms with Gasteiger partial charge in [-0.1, -0.05) is 0 Å². The van der Waals surface area contributed by atoms with Crippen LogP contribution in [0.4, 0.5) is 14.9 Å². The summed E-state index contributed by atoms with van der Waals surface area (Å²) in [5.74, 6) is -0.00415. The number of halogens is 1. The van der Waals surface area contributed by atoms with Gasteiger partial charge in [0, 0.05) is 30.9 Å². The second-order valence-corrected chi connectivity index (χ2v) is 6.94. The van der Waals surface area contributed by atoms with E-state index in [0.717, 1.165) is 11.0 Å². The Morgan fingerprint density at radius 2 is 2.03 bits per heavy atom. The third kappa shape index (κ3) is 4.20. The van der Waals surface area contributed by atoms with Gasteiger partial charge in [0.15, 0.2) is 0 Å². The van der Waals surface area contributed by atoms with E-state index in [1.807, 2.05) is 24.6 Å². The minimum absolute atomic E-state index is 0.0298. The van der Waals surface area contributed by atoms with Gasteiger partial charge in [0.2, 0.25) is 0 Å². The minimum atomic E-state index is -0.583. The number of carbonyl (C=O) groups excluding carboxylic acids is 1. The Morgan fingerprint density at radius 3 is 2.81 bits per heavy atom. The molecule has 0 atom stereocenters. The van der Waals surface area contributed by atoms with Crippen LogP contribution in [0.25, 0.3) is 22.3 Å². The largest absolute Gasteiger partial charge is 0.496 e. The molecule has 2 aromatic carbocycles. The highest BCUT2D eigenvalue weighted by Gasteiger charge is 2.15. The maximum atomic E-state index is 13.5. The first kappa shape index (κ1) is 20.4. The van der Waals surface area contributed by atoms with Crippen molar-refractivity contribution in [3.8, 4) is 17.0 Å². The lowest BCUT2D eigenvalue weighted by Crippen LogP contribution is -2.15. The molecular weight excluding hydrogens is 401 g/mol. The molecule has 0 aliphatic carbocycles. The fourth-order valence-electron chi connectivity index (χ4n) is 3.36. The lowest BCUT2D eigenvalue weighted by atomic mass is 10.1. The van der Waals surface area contributed by atoms with Gasteiger partial charge in [-0.15, -0.1) is 0 Å². The molecule has 9 heteroatoms. The highest BCUT2D eigenvalue weighted by molar-refractivity contribution is 5.88. The van der Waals surface area contributed by atoms with Crippen LogP contribution >= 0.6 is 0 Å². The predicted octanol–water partition coefficient (Wildman–Crippen LogP) is 4.35. The van der Waals surface area contributed by atoms with Crippen molar-refractivity contribution in [3.05, 3.63) is 60.3 Å². The van der Waals surface area contributed by atoms with Crippen LogP contribution in [0.3, 0.4) is 0 Å². The third-order valence-corrected chi connectivity index (χ3v) is 4.93. The number of rotatable bonds is 6. The van der Waals surface area contributed by atoms with E-state index in [9.17, 15) is 9.18 Å². The number of ether oxygens (including phenoxy) is 2. The molecule has 0 aliphatic rings. The topological polar surface area (TPSA) is 83.2 Å². The van der Waals surface area contributed by atoms with E-state index in [1.54, 1.807) is 35.3 Å². The lowest BCUT2D eigenvalue weighted by Gasteiger charge is -2.08. The zero-order chi connectivity index (χ0) is 22.0. The van der Waals surface area contributed by atoms with Crippen molar-refractivity contribution in [2.45, 2.75) is 20.1 Å². The van der Waals surface area contributed by atoms with Gasteiger partial charge in [0.05, 0.1) is 35.9 Å². The first-order chi connectivity index (χ1) is 15.0. The van der Waals surface area contributed by atoms with Crippen molar-refractivity contribution in [1.82, 2.24) is 19.3 Å². The monoisotopic (exact) mass is 423 g/mol. The molecule has 0 saturated heterocycles. The average Bonchev–Trinajstić information content (AvgIpc) is 3.35. The quantitative estimate of drug-likeness (QED) is 0.498. The molecule has 31 heavy (non-hydrogen) atoms. The number of fused-ring (bicyclic) bond motifs is 1. The Hall–Kier alpha value is -3.88. The predicted molar refractivity (Wildman–Crippen MR) is 114 cm³/mol. The van der Waals surface area contributed by atoms with Crippen molar-refractivity contribution in [1.29, 1.82) is 0 Å². The van der Waals surface area contributed by atoms with Gasteiger partial charge in [-0.3, -0.25) is 10.00 Å². The smallest absolute Gasteiger partial charge is 0.412 e. The number of anilines is 1. The maximum Gasteiger partial charge on any atom is 0.412 e. The van der Waals surface area contributed by atoms with E-state index >= 15 is 0 Å². The molecule has 4 rings (SSSR count). The van der Waals surface area contributed by atoms with Crippen LogP contribution in [0, 0.1) is 5.82 Å². The number of nitrogens with one attached hydrogen (secondary N) is 1. The van der Waals surface area contributed by atoms with Crippen LogP contribution in [-0.4, -0.2) is 32.5 Å². The Morgan fingerprint density at radius 1 is 1.19 bits per heavy atom. The lowest BCUT2D eigenvalue weighted by molar-refractivity contribution is 0.151. The van der Waals surface area contributed by atoms with Crippen molar-refractivity contribution < 1.29 is 18.7 Å². The number of nitrogens with zero attached hydrogens (tertiary/aromatic N) is 4. The van der Waals surface area contributed by atoms with Crippen LogP contribution in [0.15, 0.2) is 48.8 Å². The van der Waals surface area contributed by atoms with Gasteiger partial charge < -0.3 is 14.0 Å². The molecule has 0 aliphatic heterocycles. The molecule has 0 saturated carbocycles. The van der Waals surface area contributed by atoms with Crippen LogP contribution in [0.2, 0.25) is 0 Å². The molecular formula is C22H22FN5O3. The standard InChI is InChI=1S/C22H22FN5O3/c1-4-28-16(11-18(26-28)17-7-5-14(23)9-21(17)30-3)12-31-22(29)25-15-6-8-20-19(10-15)24-13-27(20)2/h5-11,13H,4,12H2,1-3H3,(H,25,29). The molecule has 0 spiro atoms.